The molecule has 4 amide bonds. The molecular weight excluding hydrogens is 987 g/mol. The van der Waals surface area contributed by atoms with Crippen LogP contribution in [0.15, 0.2) is 97.3 Å². The number of nitrogens with zero attached hydrogens (tertiary/aromatic N) is 5. The van der Waals surface area contributed by atoms with Crippen molar-refractivity contribution in [3.05, 3.63) is 142 Å². The van der Waals surface area contributed by atoms with Gasteiger partial charge in [0.25, 0.3) is 0 Å². The fourth-order valence-corrected chi connectivity index (χ4v) is 7.75. The lowest BCUT2D eigenvalue weighted by molar-refractivity contribution is -0.140. The number of hydroxylamine groups is 1. The number of rotatable bonds is 20. The minimum Gasteiger partial charge on any atom is -0.447 e. The number of nitrogens with one attached hydrogen (secondary N) is 3. The number of aliphatic hydroxyl groups is 2. The Morgan fingerprint density at radius 2 is 1.22 bits per heavy atom. The van der Waals surface area contributed by atoms with Gasteiger partial charge in [0, 0.05) is 61.5 Å². The lowest BCUT2D eigenvalue weighted by atomic mass is 9.99. The highest BCUT2D eigenvalue weighted by Crippen LogP contribution is 2.25. The van der Waals surface area contributed by atoms with Crippen LogP contribution in [-0.2, 0) is 37.0 Å². The Kier molecular flexibility index (Phi) is 19.8. The number of fused-ring (bicyclic) bond motifs is 2. The summed E-state index contributed by atoms with van der Waals surface area (Å²) in [6, 6.07) is 18.2. The number of hydrogen-bond acceptors (Lipinski definition) is 12. The average Bonchev–Trinajstić information content (AvgIpc) is 3.29. The van der Waals surface area contributed by atoms with E-state index in [1.54, 1.807) is 58.0 Å². The molecule has 0 radical (unpaired) electrons. The van der Waals surface area contributed by atoms with E-state index in [9.17, 15) is 47.0 Å². The SMILES string of the molecule is CC(=O)N(NCc1ccc(F)cc1Cl)[C@H](COC(=O)Nc1cc2ccc(F)cc2cn1)CC(C)(C)O.CC(=O)N(NCc1cccc(F)c1Cl)[C@H](CON(C=O)c1cc2ccc(F)cc2cn1)CC(C)(C)O. The Morgan fingerprint density at radius 1 is 0.694 bits per heavy atom. The lowest BCUT2D eigenvalue weighted by Crippen LogP contribution is -2.53. The molecule has 2 heterocycles. The molecule has 6 rings (SSSR count). The molecule has 0 saturated heterocycles. The molecule has 22 heteroatoms. The quantitative estimate of drug-likeness (QED) is 0.0277. The zero-order valence-corrected chi connectivity index (χ0v) is 41.6. The van der Waals surface area contributed by atoms with E-state index in [2.05, 4.69) is 26.1 Å². The largest absolute Gasteiger partial charge is 0.447 e. The van der Waals surface area contributed by atoms with Gasteiger partial charge in [-0.3, -0.25) is 34.6 Å². The molecule has 0 aliphatic carbocycles. The number of carbonyl (C=O) groups is 4. The van der Waals surface area contributed by atoms with Crippen LogP contribution in [0.4, 0.5) is 34.0 Å². The van der Waals surface area contributed by atoms with Gasteiger partial charge in [0.05, 0.1) is 34.9 Å². The highest BCUT2D eigenvalue weighted by molar-refractivity contribution is 6.31. The first-order valence-electron chi connectivity index (χ1n) is 22.2. The Labute approximate surface area is 422 Å². The molecule has 2 aromatic heterocycles. The molecule has 6 aromatic rings. The summed E-state index contributed by atoms with van der Waals surface area (Å²) in [4.78, 5) is 63.1. The Morgan fingerprint density at radius 3 is 1.78 bits per heavy atom. The summed E-state index contributed by atoms with van der Waals surface area (Å²) in [6.07, 6.45) is 2.57. The minimum atomic E-state index is -1.20. The molecule has 0 spiro atoms. The number of ether oxygens (including phenoxy) is 1. The van der Waals surface area contributed by atoms with E-state index in [0.29, 0.717) is 39.1 Å². The monoisotopic (exact) mass is 1040 g/mol. The Hall–Kier alpha value is -6.52. The molecule has 0 saturated carbocycles. The van der Waals surface area contributed by atoms with Crippen molar-refractivity contribution in [3.63, 3.8) is 0 Å². The summed E-state index contributed by atoms with van der Waals surface area (Å²) in [5, 5.41) is 29.3. The van der Waals surface area contributed by atoms with Gasteiger partial charge in [-0.1, -0.05) is 53.5 Å². The van der Waals surface area contributed by atoms with Gasteiger partial charge in [-0.15, -0.1) is 0 Å². The molecule has 0 fully saturated rings. The number of benzene rings is 4. The van der Waals surface area contributed by atoms with Gasteiger partial charge in [0.2, 0.25) is 18.2 Å². The number of hydrogen-bond donors (Lipinski definition) is 5. The summed E-state index contributed by atoms with van der Waals surface area (Å²) in [7, 11) is 0. The normalized spacial score (nSPS) is 12.4. The van der Waals surface area contributed by atoms with E-state index in [0.717, 1.165) is 11.1 Å². The van der Waals surface area contributed by atoms with Crippen molar-refractivity contribution < 1.29 is 56.5 Å². The first-order chi connectivity index (χ1) is 33.9. The first-order valence-corrected chi connectivity index (χ1v) is 22.9. The third-order valence-electron chi connectivity index (χ3n) is 10.5. The molecular formula is C50H54Cl2F4N8O8. The van der Waals surface area contributed by atoms with Crippen molar-refractivity contribution in [1.29, 1.82) is 0 Å². The predicted octanol–water partition coefficient (Wildman–Crippen LogP) is 8.94. The second-order valence-electron chi connectivity index (χ2n) is 17.8. The van der Waals surface area contributed by atoms with E-state index >= 15 is 0 Å². The van der Waals surface area contributed by atoms with E-state index in [4.69, 9.17) is 32.8 Å². The van der Waals surface area contributed by atoms with Crippen LogP contribution in [-0.4, -0.2) is 91.0 Å². The van der Waals surface area contributed by atoms with Crippen LogP contribution in [0.5, 0.6) is 0 Å². The highest BCUT2D eigenvalue weighted by Gasteiger charge is 2.31. The van der Waals surface area contributed by atoms with Crippen LogP contribution in [0.2, 0.25) is 10.0 Å². The van der Waals surface area contributed by atoms with Gasteiger partial charge in [-0.2, -0.15) is 5.06 Å². The Balaban J connectivity index is 0.000000267. The fourth-order valence-electron chi connectivity index (χ4n) is 7.32. The van der Waals surface area contributed by atoms with Crippen LogP contribution < -0.4 is 21.2 Å². The van der Waals surface area contributed by atoms with Crippen molar-refractivity contribution in [2.45, 2.75) is 90.8 Å². The number of halogens is 6. The third-order valence-corrected chi connectivity index (χ3v) is 11.3. The predicted molar refractivity (Wildman–Crippen MR) is 264 cm³/mol. The molecule has 5 N–H and O–H groups in total. The van der Waals surface area contributed by atoms with E-state index in [-0.39, 0.29) is 60.8 Å². The van der Waals surface area contributed by atoms with Crippen LogP contribution in [0.3, 0.4) is 0 Å². The fraction of sp³-hybridized carbons (Fsp3) is 0.320. The molecule has 2 atom stereocenters. The zero-order valence-electron chi connectivity index (χ0n) is 40.1. The first kappa shape index (κ1) is 56.4. The number of amides is 4. The summed E-state index contributed by atoms with van der Waals surface area (Å²) in [6.45, 7) is 8.58. The molecule has 0 aliphatic heterocycles. The van der Waals surface area contributed by atoms with Gasteiger partial charge in [0.1, 0.15) is 35.7 Å². The van der Waals surface area contributed by atoms with Crippen molar-refractivity contribution in [2.24, 2.45) is 0 Å². The number of aromatic nitrogens is 2. The van der Waals surface area contributed by atoms with Crippen molar-refractivity contribution >= 4 is 80.7 Å². The summed E-state index contributed by atoms with van der Waals surface area (Å²) < 4.78 is 59.3. The van der Waals surface area contributed by atoms with E-state index in [1.807, 2.05) is 0 Å². The van der Waals surface area contributed by atoms with Crippen LogP contribution >= 0.6 is 23.2 Å². The summed E-state index contributed by atoms with van der Waals surface area (Å²) >= 11 is 12.1. The van der Waals surface area contributed by atoms with Gasteiger partial charge in [-0.25, -0.2) is 43.2 Å². The second kappa shape index (κ2) is 25.2. The topological polar surface area (TPSA) is 199 Å². The Bertz CT molecular complexity index is 2870. The standard InChI is InChI=1S/2C25H27ClF2N4O4/c1-15(33)32(30-13-17-5-7-20(28)10-22(17)26)21(11-25(2,3)35)14-36-24(34)31-23-9-16-4-6-19(27)8-18(16)12-29-23;1-16(34)32(30-13-18-5-4-6-22(28)24(18)26)21(11-25(2,3)35)14-36-31(15-33)23-10-17-7-8-20(27)9-19(17)12-29-23/h4-10,12,21,30,35H,11,13-14H2,1-3H3,(H,29,31,34);4-10,12,15,21,30,35H,11,13-14H2,1-3H3/t2*21-/m00/s1. The zero-order chi connectivity index (χ0) is 52.9. The maximum Gasteiger partial charge on any atom is 0.412 e. The highest BCUT2D eigenvalue weighted by atomic mass is 35.5. The van der Waals surface area contributed by atoms with Gasteiger partial charge in [0.15, 0.2) is 5.82 Å². The lowest BCUT2D eigenvalue weighted by Gasteiger charge is -2.35. The molecule has 0 aliphatic rings. The van der Waals surface area contributed by atoms with Crippen molar-refractivity contribution in [3.8, 4) is 0 Å². The number of pyridine rings is 2. The molecule has 4 aromatic carbocycles. The minimum absolute atomic E-state index is 0.0265. The summed E-state index contributed by atoms with van der Waals surface area (Å²) in [5.41, 5.74) is 4.44. The summed E-state index contributed by atoms with van der Waals surface area (Å²) in [5.74, 6) is -2.32. The third kappa shape index (κ3) is 17.1. The molecule has 384 valence electrons. The molecule has 0 unspecified atom stereocenters. The van der Waals surface area contributed by atoms with Gasteiger partial charge in [-0.05, 0) is 111 Å². The van der Waals surface area contributed by atoms with Crippen LogP contribution in [0.1, 0.15) is 65.5 Å². The second-order valence-corrected chi connectivity index (χ2v) is 18.6. The van der Waals surface area contributed by atoms with E-state index < -0.39 is 64.5 Å². The average molecular weight is 1040 g/mol. The van der Waals surface area contributed by atoms with Crippen LogP contribution in [0, 0.1) is 23.3 Å². The van der Waals surface area contributed by atoms with Crippen LogP contribution in [0.25, 0.3) is 21.5 Å². The maximum absolute atomic E-state index is 13.8. The van der Waals surface area contributed by atoms with Crippen molar-refractivity contribution in [1.82, 2.24) is 30.8 Å². The molecule has 16 nitrogen and oxygen atoms in total. The smallest absolute Gasteiger partial charge is 0.412 e. The number of anilines is 2. The molecule has 72 heavy (non-hydrogen) atoms. The maximum atomic E-state index is 13.8. The number of hydrazine groups is 2. The number of carbonyl (C=O) groups excluding carboxylic acids is 4. The van der Waals surface area contributed by atoms with Crippen molar-refractivity contribution in [2.75, 3.05) is 23.6 Å². The van der Waals surface area contributed by atoms with Gasteiger partial charge < -0.3 is 14.9 Å². The van der Waals surface area contributed by atoms with E-state index in [1.165, 1.54) is 84.8 Å². The van der Waals surface area contributed by atoms with Gasteiger partial charge >= 0.3 is 6.09 Å². The molecule has 0 bridgehead atoms.